The van der Waals surface area contributed by atoms with Crippen molar-refractivity contribution in [1.29, 1.82) is 0 Å². The van der Waals surface area contributed by atoms with Crippen molar-refractivity contribution >= 4 is 78.0 Å². The molecule has 0 fully saturated rings. The summed E-state index contributed by atoms with van der Waals surface area (Å²) in [5, 5.41) is 1.45. The maximum Gasteiger partial charge on any atom is 0.282 e. The Morgan fingerprint density at radius 3 is 1.44 bits per heavy atom. The van der Waals surface area contributed by atoms with Gasteiger partial charge in [-0.2, -0.15) is 0 Å². The number of rotatable bonds is 2. The Morgan fingerprint density at radius 2 is 1.11 bits per heavy atom. The third kappa shape index (κ3) is 2.90. The van der Waals surface area contributed by atoms with E-state index in [9.17, 15) is 9.13 Å². The van der Waals surface area contributed by atoms with E-state index in [4.69, 9.17) is 45.0 Å². The molecule has 2 rings (SSSR count). The van der Waals surface area contributed by atoms with Crippen LogP contribution in [0.3, 0.4) is 0 Å². The van der Waals surface area contributed by atoms with Crippen molar-refractivity contribution in [3.05, 3.63) is 36.4 Å². The molecule has 0 spiro atoms. The highest BCUT2D eigenvalue weighted by atomic mass is 35.9. The molecule has 0 atom stereocenters. The number of halogens is 4. The molecule has 18 heavy (non-hydrogen) atoms. The van der Waals surface area contributed by atoms with Crippen molar-refractivity contribution in [1.82, 2.24) is 0 Å². The van der Waals surface area contributed by atoms with E-state index in [0.29, 0.717) is 10.8 Å². The fourth-order valence-corrected chi connectivity index (χ4v) is 5.05. The van der Waals surface area contributed by atoms with E-state index in [1.54, 1.807) is 24.3 Å². The highest BCUT2D eigenvalue weighted by Gasteiger charge is 2.27. The SMILES string of the molecule is O=P(Cl)(Cl)c1cccc2cccc(P(=O)(Cl)Cl)c12. The van der Waals surface area contributed by atoms with Gasteiger partial charge in [-0.05, 0) is 62.5 Å². The number of benzene rings is 2. The number of hydrogen-bond donors (Lipinski definition) is 0. The van der Waals surface area contributed by atoms with Crippen molar-refractivity contribution in [3.8, 4) is 0 Å². The molecule has 96 valence electrons. The molecule has 0 aliphatic carbocycles. The smallest absolute Gasteiger partial charge is 0.282 e. The van der Waals surface area contributed by atoms with E-state index < -0.39 is 11.7 Å². The molecule has 0 heterocycles. The van der Waals surface area contributed by atoms with E-state index in [2.05, 4.69) is 0 Å². The molecule has 0 aromatic heterocycles. The third-order valence-corrected chi connectivity index (χ3v) is 6.47. The summed E-state index contributed by atoms with van der Waals surface area (Å²) in [5.41, 5.74) is 0. The van der Waals surface area contributed by atoms with Gasteiger partial charge in [0.2, 0.25) is 0 Å². The van der Waals surface area contributed by atoms with Crippen LogP contribution < -0.4 is 10.6 Å². The van der Waals surface area contributed by atoms with Gasteiger partial charge in [-0.3, -0.25) is 9.13 Å². The molecule has 0 unspecified atom stereocenters. The Bertz CT molecular complexity index is 647. The largest absolute Gasteiger partial charge is 0.284 e. The topological polar surface area (TPSA) is 34.1 Å². The highest BCUT2D eigenvalue weighted by molar-refractivity contribution is 8.15. The minimum absolute atomic E-state index is 0.195. The van der Waals surface area contributed by atoms with E-state index in [-0.39, 0.29) is 10.6 Å². The van der Waals surface area contributed by atoms with Crippen LogP contribution in [-0.4, -0.2) is 0 Å². The zero-order valence-corrected chi connectivity index (χ0v) is 13.5. The van der Waals surface area contributed by atoms with E-state index in [1.807, 2.05) is 0 Å². The molecule has 8 heteroatoms. The summed E-state index contributed by atoms with van der Waals surface area (Å²) in [6.45, 7) is 0. The predicted molar refractivity (Wildman–Crippen MR) is 81.8 cm³/mol. The molecule has 0 radical (unpaired) electrons. The molecule has 0 aliphatic heterocycles. The van der Waals surface area contributed by atoms with Gasteiger partial charge < -0.3 is 0 Å². The zero-order valence-electron chi connectivity index (χ0n) is 8.69. The molecule has 2 nitrogen and oxygen atoms in total. The van der Waals surface area contributed by atoms with Crippen LogP contribution in [0.5, 0.6) is 0 Å². The van der Waals surface area contributed by atoms with Crippen molar-refractivity contribution in [3.63, 3.8) is 0 Å². The Hall–Kier alpha value is 0.320. The summed E-state index contributed by atoms with van der Waals surface area (Å²) in [6, 6.07) is 9.83. The van der Waals surface area contributed by atoms with Crippen molar-refractivity contribution in [2.24, 2.45) is 0 Å². The van der Waals surface area contributed by atoms with Gasteiger partial charge in [-0.25, -0.2) is 0 Å². The first-order valence-corrected chi connectivity index (χ1v) is 11.8. The Kier molecular flexibility index (Phi) is 4.10. The van der Waals surface area contributed by atoms with Gasteiger partial charge in [0.05, 0.1) is 0 Å². The van der Waals surface area contributed by atoms with E-state index >= 15 is 0 Å². The van der Waals surface area contributed by atoms with Gasteiger partial charge in [0.15, 0.2) is 0 Å². The molecule has 0 saturated heterocycles. The van der Waals surface area contributed by atoms with Crippen LogP contribution >= 0.6 is 56.7 Å². The lowest BCUT2D eigenvalue weighted by Crippen LogP contribution is -2.10. The summed E-state index contributed by atoms with van der Waals surface area (Å²) >= 11 is 22.8. The third-order valence-electron chi connectivity index (χ3n) is 2.42. The van der Waals surface area contributed by atoms with Gasteiger partial charge in [-0.15, -0.1) is 0 Å². The monoisotopic (exact) mass is 360 g/mol. The fraction of sp³-hybridized carbons (Fsp3) is 0. The van der Waals surface area contributed by atoms with Crippen LogP contribution in [0, 0.1) is 0 Å². The Labute approximate surface area is 123 Å². The van der Waals surface area contributed by atoms with E-state index in [1.165, 1.54) is 12.1 Å². The first-order chi connectivity index (χ1) is 8.21. The first kappa shape index (κ1) is 14.7. The molecule has 0 amide bonds. The molecule has 2 aromatic rings. The fourth-order valence-electron chi connectivity index (χ4n) is 1.74. The van der Waals surface area contributed by atoms with Crippen LogP contribution in [0.2, 0.25) is 0 Å². The second-order valence-corrected chi connectivity index (χ2v) is 13.1. The van der Waals surface area contributed by atoms with Gasteiger partial charge >= 0.3 is 0 Å². The van der Waals surface area contributed by atoms with Crippen molar-refractivity contribution in [2.45, 2.75) is 0 Å². The van der Waals surface area contributed by atoms with Crippen LogP contribution in [0.1, 0.15) is 0 Å². The van der Waals surface area contributed by atoms with Crippen molar-refractivity contribution < 1.29 is 9.13 Å². The lowest BCUT2D eigenvalue weighted by atomic mass is 10.1. The summed E-state index contributed by atoms with van der Waals surface area (Å²) in [7, 11) is 0. The predicted octanol–water partition coefficient (Wildman–Crippen LogP) is 5.43. The normalized spacial score (nSPS) is 12.9. The number of hydrogen-bond acceptors (Lipinski definition) is 2. The molecule has 0 N–H and O–H groups in total. The first-order valence-electron chi connectivity index (χ1n) is 4.73. The van der Waals surface area contributed by atoms with Crippen LogP contribution in [0.15, 0.2) is 36.4 Å². The summed E-state index contributed by atoms with van der Waals surface area (Å²) < 4.78 is 23.7. The quantitative estimate of drug-likeness (QED) is 0.668. The average molecular weight is 362 g/mol. The highest BCUT2D eigenvalue weighted by Crippen LogP contribution is 2.59. The molecule has 0 saturated carbocycles. The summed E-state index contributed by atoms with van der Waals surface area (Å²) in [4.78, 5) is 0. The van der Waals surface area contributed by atoms with Gasteiger partial charge in [-0.1, -0.05) is 24.3 Å². The molecule has 2 aromatic carbocycles. The van der Waals surface area contributed by atoms with Gasteiger partial charge in [0.1, 0.15) is 0 Å². The standard InChI is InChI=1S/C10H6Cl4O2P2/c11-17(12,15)8-5-1-3-7-4-2-6-9(10(7)8)18(13,14)16/h1-6H. The average Bonchev–Trinajstić information content (AvgIpc) is 2.24. The van der Waals surface area contributed by atoms with Crippen molar-refractivity contribution in [2.75, 3.05) is 0 Å². The van der Waals surface area contributed by atoms with Crippen LogP contribution in [0.25, 0.3) is 10.8 Å². The lowest BCUT2D eigenvalue weighted by molar-refractivity contribution is 0.597. The molecular weight excluding hydrogens is 356 g/mol. The maximum absolute atomic E-state index is 11.9. The molecular formula is C10H6Cl4O2P2. The number of fused-ring (bicyclic) bond motifs is 1. The molecule has 0 bridgehead atoms. The van der Waals surface area contributed by atoms with Crippen LogP contribution in [0.4, 0.5) is 0 Å². The zero-order chi connectivity index (χ0) is 13.6. The second kappa shape index (κ2) is 5.02. The molecule has 0 aliphatic rings. The summed E-state index contributed by atoms with van der Waals surface area (Å²) in [5.74, 6) is -7.11. The minimum atomic E-state index is -3.55. The Balaban J connectivity index is 2.99. The van der Waals surface area contributed by atoms with Gasteiger partial charge in [0, 0.05) is 16.0 Å². The van der Waals surface area contributed by atoms with E-state index in [0.717, 1.165) is 0 Å². The second-order valence-electron chi connectivity index (χ2n) is 3.58. The van der Waals surface area contributed by atoms with Gasteiger partial charge in [0.25, 0.3) is 11.7 Å². The minimum Gasteiger partial charge on any atom is -0.284 e. The van der Waals surface area contributed by atoms with Crippen LogP contribution in [-0.2, 0) is 9.13 Å². The lowest BCUT2D eigenvalue weighted by Gasteiger charge is -2.12. The maximum atomic E-state index is 11.9. The Morgan fingerprint density at radius 1 is 0.722 bits per heavy atom. The summed E-state index contributed by atoms with van der Waals surface area (Å²) in [6.07, 6.45) is 0.